The Morgan fingerprint density at radius 2 is 2.00 bits per heavy atom. The van der Waals surface area contributed by atoms with Crippen molar-refractivity contribution in [2.24, 2.45) is 11.8 Å². The Morgan fingerprint density at radius 3 is 2.50 bits per heavy atom. The second-order valence-electron chi connectivity index (χ2n) is 4.79. The lowest BCUT2D eigenvalue weighted by atomic mass is 9.96. The molecule has 0 aromatic rings. The monoisotopic (exact) mass is 196 g/mol. The van der Waals surface area contributed by atoms with Crippen LogP contribution in [0, 0.1) is 11.8 Å². The minimum atomic E-state index is 0.378. The van der Waals surface area contributed by atoms with E-state index in [0.29, 0.717) is 11.8 Å². The van der Waals surface area contributed by atoms with Gasteiger partial charge in [-0.15, -0.1) is 0 Å². The minimum Gasteiger partial charge on any atom is -0.343 e. The van der Waals surface area contributed by atoms with Crippen molar-refractivity contribution in [2.45, 2.75) is 26.2 Å². The number of amides is 1. The molecule has 2 heterocycles. The molecule has 0 radical (unpaired) electrons. The Balaban J connectivity index is 1.74. The molecule has 2 fully saturated rings. The van der Waals surface area contributed by atoms with Crippen LogP contribution in [-0.4, -0.2) is 37.0 Å². The molecule has 80 valence electrons. The molecule has 1 amide bonds. The van der Waals surface area contributed by atoms with E-state index in [0.717, 1.165) is 38.5 Å². The molecular formula is C11H20N2O. The highest BCUT2D eigenvalue weighted by atomic mass is 16.2. The second kappa shape index (κ2) is 4.30. The van der Waals surface area contributed by atoms with Crippen molar-refractivity contribution in [3.8, 4) is 0 Å². The molecule has 0 bridgehead atoms. The van der Waals surface area contributed by atoms with E-state index in [1.165, 1.54) is 12.8 Å². The molecular weight excluding hydrogens is 176 g/mol. The number of nitrogens with zero attached hydrogens (tertiary/aromatic N) is 1. The molecule has 3 nitrogen and oxygen atoms in total. The molecule has 0 atom stereocenters. The van der Waals surface area contributed by atoms with Gasteiger partial charge in [-0.2, -0.15) is 0 Å². The smallest absolute Gasteiger partial charge is 0.222 e. The number of rotatable bonds is 2. The van der Waals surface area contributed by atoms with Gasteiger partial charge in [-0.25, -0.2) is 0 Å². The highest BCUT2D eigenvalue weighted by Gasteiger charge is 2.25. The quantitative estimate of drug-likeness (QED) is 0.710. The Hall–Kier alpha value is -0.570. The third kappa shape index (κ3) is 2.27. The zero-order valence-electron chi connectivity index (χ0n) is 8.96. The summed E-state index contributed by atoms with van der Waals surface area (Å²) in [6.45, 7) is 6.32. The van der Waals surface area contributed by atoms with Gasteiger partial charge >= 0.3 is 0 Å². The molecule has 0 aliphatic carbocycles. The zero-order valence-corrected chi connectivity index (χ0v) is 8.96. The van der Waals surface area contributed by atoms with Gasteiger partial charge in [-0.05, 0) is 37.8 Å². The first-order valence-corrected chi connectivity index (χ1v) is 5.74. The van der Waals surface area contributed by atoms with Crippen molar-refractivity contribution in [1.29, 1.82) is 0 Å². The molecule has 2 rings (SSSR count). The lowest BCUT2D eigenvalue weighted by molar-refractivity contribution is -0.133. The van der Waals surface area contributed by atoms with Crippen LogP contribution in [0.15, 0.2) is 0 Å². The molecule has 3 heteroatoms. The summed E-state index contributed by atoms with van der Waals surface area (Å²) in [5.74, 6) is 1.80. The van der Waals surface area contributed by atoms with Crippen molar-refractivity contribution in [3.63, 3.8) is 0 Å². The minimum absolute atomic E-state index is 0.378. The van der Waals surface area contributed by atoms with Crippen LogP contribution in [0.3, 0.4) is 0 Å². The van der Waals surface area contributed by atoms with Crippen molar-refractivity contribution in [2.75, 3.05) is 26.2 Å². The third-order valence-corrected chi connectivity index (χ3v) is 3.47. The zero-order chi connectivity index (χ0) is 9.97. The number of piperidine rings is 1. The van der Waals surface area contributed by atoms with Gasteiger partial charge in [0.1, 0.15) is 0 Å². The second-order valence-corrected chi connectivity index (χ2v) is 4.79. The van der Waals surface area contributed by atoms with Crippen LogP contribution in [0.4, 0.5) is 0 Å². The molecule has 0 aromatic heterocycles. The topological polar surface area (TPSA) is 32.3 Å². The average molecular weight is 196 g/mol. The lowest BCUT2D eigenvalue weighted by Crippen LogP contribution is -2.46. The summed E-state index contributed by atoms with van der Waals surface area (Å²) in [4.78, 5) is 13.9. The predicted octanol–water partition coefficient (Wildman–Crippen LogP) is 0.854. The van der Waals surface area contributed by atoms with E-state index >= 15 is 0 Å². The molecule has 2 saturated heterocycles. The van der Waals surface area contributed by atoms with E-state index in [1.807, 2.05) is 0 Å². The molecule has 0 saturated carbocycles. The molecule has 1 N–H and O–H groups in total. The van der Waals surface area contributed by atoms with Crippen LogP contribution in [0.2, 0.25) is 0 Å². The van der Waals surface area contributed by atoms with Crippen LogP contribution in [0.1, 0.15) is 26.2 Å². The molecule has 14 heavy (non-hydrogen) atoms. The van der Waals surface area contributed by atoms with Gasteiger partial charge in [0.2, 0.25) is 5.91 Å². The van der Waals surface area contributed by atoms with Crippen LogP contribution in [-0.2, 0) is 4.79 Å². The van der Waals surface area contributed by atoms with Gasteiger partial charge in [0, 0.05) is 19.5 Å². The first-order chi connectivity index (χ1) is 6.75. The van der Waals surface area contributed by atoms with E-state index in [4.69, 9.17) is 0 Å². The van der Waals surface area contributed by atoms with Gasteiger partial charge < -0.3 is 10.2 Å². The van der Waals surface area contributed by atoms with Crippen LogP contribution in [0.5, 0.6) is 0 Å². The van der Waals surface area contributed by atoms with Crippen molar-refractivity contribution < 1.29 is 4.79 Å². The van der Waals surface area contributed by atoms with Gasteiger partial charge in [0.05, 0.1) is 0 Å². The van der Waals surface area contributed by atoms with E-state index in [1.54, 1.807) is 0 Å². The fourth-order valence-corrected chi connectivity index (χ4v) is 2.13. The van der Waals surface area contributed by atoms with E-state index in [-0.39, 0.29) is 0 Å². The third-order valence-electron chi connectivity index (χ3n) is 3.47. The number of nitrogens with one attached hydrogen (secondary N) is 1. The van der Waals surface area contributed by atoms with Crippen molar-refractivity contribution in [1.82, 2.24) is 10.2 Å². The Bertz CT molecular complexity index is 205. The summed E-state index contributed by atoms with van der Waals surface area (Å²) < 4.78 is 0. The largest absolute Gasteiger partial charge is 0.343 e. The number of hydrogen-bond acceptors (Lipinski definition) is 2. The van der Waals surface area contributed by atoms with Gasteiger partial charge in [0.15, 0.2) is 0 Å². The first kappa shape index (κ1) is 9.97. The molecule has 0 aromatic carbocycles. The number of hydrogen-bond donors (Lipinski definition) is 1. The fraction of sp³-hybridized carbons (Fsp3) is 0.909. The maximum atomic E-state index is 11.8. The summed E-state index contributed by atoms with van der Waals surface area (Å²) in [6, 6.07) is 0. The normalized spacial score (nSPS) is 24.8. The number of carbonyl (C=O) groups excluding carboxylic acids is 1. The Morgan fingerprint density at radius 1 is 1.36 bits per heavy atom. The van der Waals surface area contributed by atoms with Crippen LogP contribution >= 0.6 is 0 Å². The Labute approximate surface area is 85.8 Å². The molecule has 0 unspecified atom stereocenters. The summed E-state index contributed by atoms with van der Waals surface area (Å²) in [5.41, 5.74) is 0. The number of carbonyl (C=O) groups is 1. The van der Waals surface area contributed by atoms with E-state index in [2.05, 4.69) is 17.1 Å². The highest BCUT2D eigenvalue weighted by molar-refractivity contribution is 5.76. The van der Waals surface area contributed by atoms with Gasteiger partial charge in [-0.1, -0.05) is 6.92 Å². The van der Waals surface area contributed by atoms with Crippen LogP contribution < -0.4 is 5.32 Å². The summed E-state index contributed by atoms with van der Waals surface area (Å²) in [5, 5.41) is 3.21. The number of likely N-dealkylation sites (tertiary alicyclic amines) is 1. The molecule has 2 aliphatic heterocycles. The lowest BCUT2D eigenvalue weighted by Gasteiger charge is -2.33. The van der Waals surface area contributed by atoms with E-state index < -0.39 is 0 Å². The SMILES string of the molecule is CC1CCN(C(=O)CC2CNC2)CC1. The maximum Gasteiger partial charge on any atom is 0.222 e. The van der Waals surface area contributed by atoms with Crippen molar-refractivity contribution >= 4 is 5.91 Å². The summed E-state index contributed by atoms with van der Waals surface area (Å²) in [6.07, 6.45) is 3.14. The molecule has 2 aliphatic rings. The average Bonchev–Trinajstić information content (AvgIpc) is 2.12. The predicted molar refractivity (Wildman–Crippen MR) is 56.0 cm³/mol. The van der Waals surface area contributed by atoms with Gasteiger partial charge in [0.25, 0.3) is 0 Å². The van der Waals surface area contributed by atoms with Crippen molar-refractivity contribution in [3.05, 3.63) is 0 Å². The fourth-order valence-electron chi connectivity index (χ4n) is 2.13. The summed E-state index contributed by atoms with van der Waals surface area (Å²) in [7, 11) is 0. The van der Waals surface area contributed by atoms with E-state index in [9.17, 15) is 4.79 Å². The van der Waals surface area contributed by atoms with Gasteiger partial charge in [-0.3, -0.25) is 4.79 Å². The highest BCUT2D eigenvalue weighted by Crippen LogP contribution is 2.18. The summed E-state index contributed by atoms with van der Waals surface area (Å²) >= 11 is 0. The first-order valence-electron chi connectivity index (χ1n) is 5.74. The molecule has 0 spiro atoms. The standard InChI is InChI=1S/C11H20N2O/c1-9-2-4-13(5-3-9)11(14)6-10-7-12-8-10/h9-10,12H,2-8H2,1H3. The maximum absolute atomic E-state index is 11.8. The van der Waals surface area contributed by atoms with Crippen LogP contribution in [0.25, 0.3) is 0 Å². The Kier molecular flexibility index (Phi) is 3.06.